The maximum Gasteiger partial charge on any atom is 0.129 e. The van der Waals surface area contributed by atoms with Crippen LogP contribution in [-0.4, -0.2) is 18.0 Å². The summed E-state index contributed by atoms with van der Waals surface area (Å²) >= 11 is 0. The predicted octanol–water partition coefficient (Wildman–Crippen LogP) is 2.43. The third-order valence-corrected chi connectivity index (χ3v) is 2.56. The molecule has 0 N–H and O–H groups in total. The quantitative estimate of drug-likeness (QED) is 0.782. The molecular formula is C13H14FN3. The number of hydrogen-bond donors (Lipinski definition) is 0. The fraction of sp³-hybridized carbons (Fsp3) is 0.385. The van der Waals surface area contributed by atoms with Gasteiger partial charge in [0.25, 0.3) is 0 Å². The summed E-state index contributed by atoms with van der Waals surface area (Å²) in [6.07, 6.45) is 0.436. The fourth-order valence-corrected chi connectivity index (χ4v) is 1.54. The number of nitriles is 2. The Labute approximate surface area is 101 Å². The predicted molar refractivity (Wildman–Crippen MR) is 62.3 cm³/mol. The van der Waals surface area contributed by atoms with Crippen LogP contribution < -0.4 is 0 Å². The lowest BCUT2D eigenvalue weighted by Crippen LogP contribution is -2.24. The van der Waals surface area contributed by atoms with Crippen molar-refractivity contribution in [2.75, 3.05) is 13.1 Å². The molecule has 4 heteroatoms. The van der Waals surface area contributed by atoms with Crippen molar-refractivity contribution in [1.29, 1.82) is 10.5 Å². The van der Waals surface area contributed by atoms with Gasteiger partial charge in [0.15, 0.2) is 0 Å². The van der Waals surface area contributed by atoms with Crippen LogP contribution in [0.4, 0.5) is 4.39 Å². The van der Waals surface area contributed by atoms with E-state index < -0.39 is 0 Å². The van der Waals surface area contributed by atoms with Crippen molar-refractivity contribution in [1.82, 2.24) is 4.90 Å². The van der Waals surface area contributed by atoms with Gasteiger partial charge in [-0.2, -0.15) is 10.5 Å². The van der Waals surface area contributed by atoms with Gasteiger partial charge in [0.05, 0.1) is 17.7 Å². The Hall–Kier alpha value is -1.91. The van der Waals surface area contributed by atoms with Crippen LogP contribution in [0, 0.1) is 28.5 Å². The summed E-state index contributed by atoms with van der Waals surface area (Å²) < 4.78 is 13.6. The highest BCUT2D eigenvalue weighted by Gasteiger charge is 2.08. The number of benzene rings is 1. The monoisotopic (exact) mass is 231 g/mol. The molecule has 0 amide bonds. The maximum atomic E-state index is 13.6. The zero-order chi connectivity index (χ0) is 12.7. The molecule has 3 nitrogen and oxygen atoms in total. The van der Waals surface area contributed by atoms with Crippen LogP contribution in [0.2, 0.25) is 0 Å². The van der Waals surface area contributed by atoms with E-state index in [1.165, 1.54) is 6.07 Å². The van der Waals surface area contributed by atoms with E-state index >= 15 is 0 Å². The van der Waals surface area contributed by atoms with Gasteiger partial charge in [0.1, 0.15) is 5.82 Å². The minimum absolute atomic E-state index is 0.325. The summed E-state index contributed by atoms with van der Waals surface area (Å²) in [7, 11) is 0. The van der Waals surface area contributed by atoms with Crippen molar-refractivity contribution in [3.05, 3.63) is 35.1 Å². The first-order chi connectivity index (χ1) is 8.21. The topological polar surface area (TPSA) is 50.8 Å². The lowest BCUT2D eigenvalue weighted by Gasteiger charge is -2.19. The van der Waals surface area contributed by atoms with E-state index in [2.05, 4.69) is 6.07 Å². The van der Waals surface area contributed by atoms with Crippen LogP contribution in [0.15, 0.2) is 18.2 Å². The Morgan fingerprint density at radius 1 is 1.35 bits per heavy atom. The van der Waals surface area contributed by atoms with E-state index in [1.807, 2.05) is 17.9 Å². The Morgan fingerprint density at radius 3 is 2.65 bits per heavy atom. The Bertz CT molecular complexity index is 457. The van der Waals surface area contributed by atoms with Gasteiger partial charge in [-0.3, -0.25) is 4.90 Å². The molecule has 0 spiro atoms. The van der Waals surface area contributed by atoms with E-state index in [-0.39, 0.29) is 5.82 Å². The molecule has 0 heterocycles. The molecule has 88 valence electrons. The van der Waals surface area contributed by atoms with Crippen LogP contribution >= 0.6 is 0 Å². The number of hydrogen-bond acceptors (Lipinski definition) is 3. The molecular weight excluding hydrogens is 217 g/mol. The van der Waals surface area contributed by atoms with Crippen LogP contribution in [0.25, 0.3) is 0 Å². The Morgan fingerprint density at radius 2 is 2.12 bits per heavy atom. The zero-order valence-electron chi connectivity index (χ0n) is 9.78. The summed E-state index contributed by atoms with van der Waals surface area (Å²) in [6, 6.07) is 8.45. The first kappa shape index (κ1) is 13.2. The molecule has 0 aromatic heterocycles. The van der Waals surface area contributed by atoms with Gasteiger partial charge in [-0.25, -0.2) is 4.39 Å². The van der Waals surface area contributed by atoms with Crippen molar-refractivity contribution < 1.29 is 4.39 Å². The molecule has 0 aliphatic carbocycles. The van der Waals surface area contributed by atoms with Crippen LogP contribution in [0.5, 0.6) is 0 Å². The van der Waals surface area contributed by atoms with Crippen molar-refractivity contribution in [2.24, 2.45) is 0 Å². The highest BCUT2D eigenvalue weighted by Crippen LogP contribution is 2.12. The molecule has 17 heavy (non-hydrogen) atoms. The highest BCUT2D eigenvalue weighted by molar-refractivity contribution is 5.32. The molecule has 0 aliphatic heterocycles. The Balaban J connectivity index is 2.74. The lowest BCUT2D eigenvalue weighted by atomic mass is 10.1. The van der Waals surface area contributed by atoms with Crippen molar-refractivity contribution >= 4 is 0 Å². The summed E-state index contributed by atoms with van der Waals surface area (Å²) in [6.45, 7) is 3.84. The molecule has 1 aromatic carbocycles. The second-order valence-corrected chi connectivity index (χ2v) is 3.69. The molecule has 0 bridgehead atoms. The molecule has 0 saturated carbocycles. The van der Waals surface area contributed by atoms with E-state index in [0.717, 1.165) is 6.54 Å². The normalized spacial score (nSPS) is 9.94. The largest absolute Gasteiger partial charge is 0.298 e. The van der Waals surface area contributed by atoms with Crippen molar-refractivity contribution in [3.8, 4) is 12.1 Å². The highest BCUT2D eigenvalue weighted by atomic mass is 19.1. The Kier molecular flexibility index (Phi) is 5.13. The molecule has 0 fully saturated rings. The van der Waals surface area contributed by atoms with Crippen LogP contribution in [0.1, 0.15) is 24.5 Å². The number of nitrogens with zero attached hydrogens (tertiary/aromatic N) is 3. The van der Waals surface area contributed by atoms with Gasteiger partial charge in [-0.15, -0.1) is 0 Å². The summed E-state index contributed by atoms with van der Waals surface area (Å²) in [5.74, 6) is -0.362. The SMILES string of the molecule is CCN(CCC#N)Cc1ccc(C#N)cc1F. The smallest absolute Gasteiger partial charge is 0.129 e. The van der Waals surface area contributed by atoms with Crippen LogP contribution in [-0.2, 0) is 6.54 Å². The van der Waals surface area contributed by atoms with Gasteiger partial charge in [0, 0.05) is 25.1 Å². The van der Waals surface area contributed by atoms with E-state index in [1.54, 1.807) is 12.1 Å². The van der Waals surface area contributed by atoms with Gasteiger partial charge in [-0.05, 0) is 18.7 Å². The molecule has 1 rings (SSSR count). The van der Waals surface area contributed by atoms with Gasteiger partial charge < -0.3 is 0 Å². The fourth-order valence-electron chi connectivity index (χ4n) is 1.54. The minimum atomic E-state index is -0.362. The zero-order valence-corrected chi connectivity index (χ0v) is 9.78. The summed E-state index contributed by atoms with van der Waals surface area (Å²) in [4.78, 5) is 1.99. The molecule has 0 radical (unpaired) electrons. The van der Waals surface area contributed by atoms with Crippen molar-refractivity contribution in [3.63, 3.8) is 0 Å². The molecule has 0 saturated heterocycles. The first-order valence-electron chi connectivity index (χ1n) is 5.49. The summed E-state index contributed by atoms with van der Waals surface area (Å²) in [5, 5.41) is 17.1. The van der Waals surface area contributed by atoms with Crippen LogP contribution in [0.3, 0.4) is 0 Å². The number of halogens is 1. The molecule has 0 atom stereocenters. The van der Waals surface area contributed by atoms with Crippen molar-refractivity contribution in [2.45, 2.75) is 19.9 Å². The van der Waals surface area contributed by atoms with Gasteiger partial charge in [0.2, 0.25) is 0 Å². The molecule has 1 aromatic rings. The first-order valence-corrected chi connectivity index (χ1v) is 5.49. The average molecular weight is 231 g/mol. The number of rotatable bonds is 5. The van der Waals surface area contributed by atoms with E-state index in [4.69, 9.17) is 10.5 Å². The second kappa shape index (κ2) is 6.62. The third kappa shape index (κ3) is 3.86. The third-order valence-electron chi connectivity index (χ3n) is 2.56. The van der Waals surface area contributed by atoms with E-state index in [0.29, 0.717) is 30.6 Å². The van der Waals surface area contributed by atoms with Gasteiger partial charge >= 0.3 is 0 Å². The minimum Gasteiger partial charge on any atom is -0.298 e. The summed E-state index contributed by atoms with van der Waals surface area (Å²) in [5.41, 5.74) is 0.884. The standard InChI is InChI=1S/C13H14FN3/c1-2-17(7-3-6-15)10-12-5-4-11(9-16)8-13(12)14/h4-5,8H,2-3,7,10H2,1H3. The second-order valence-electron chi connectivity index (χ2n) is 3.69. The molecule has 0 aliphatic rings. The van der Waals surface area contributed by atoms with E-state index in [9.17, 15) is 4.39 Å². The average Bonchev–Trinajstić information content (AvgIpc) is 2.36. The lowest BCUT2D eigenvalue weighted by molar-refractivity contribution is 0.282. The van der Waals surface area contributed by atoms with Gasteiger partial charge in [-0.1, -0.05) is 13.0 Å². The maximum absolute atomic E-state index is 13.6. The molecule has 0 unspecified atom stereocenters.